The second kappa shape index (κ2) is 7.91. The predicted molar refractivity (Wildman–Crippen MR) is 69.9 cm³/mol. The molecule has 0 spiro atoms. The number of amides is 2. The van der Waals surface area contributed by atoms with Crippen molar-refractivity contribution in [1.82, 2.24) is 10.6 Å². The number of carbonyl (C=O) groups is 2. The van der Waals surface area contributed by atoms with Crippen LogP contribution in [0.1, 0.15) is 23.2 Å². The summed E-state index contributed by atoms with van der Waals surface area (Å²) < 4.78 is 0. The lowest BCUT2D eigenvalue weighted by molar-refractivity contribution is -0.120. The Balaban J connectivity index is 2.23. The molecule has 0 fully saturated rings. The average molecular weight is 244 g/mol. The maximum atomic E-state index is 11.6. The number of terminal acetylenes is 1. The number of carbonyl (C=O) groups excluding carboxylic acids is 2. The summed E-state index contributed by atoms with van der Waals surface area (Å²) in [5.41, 5.74) is 0.539. The van der Waals surface area contributed by atoms with Gasteiger partial charge in [-0.1, -0.05) is 18.2 Å². The van der Waals surface area contributed by atoms with Crippen LogP contribution in [-0.4, -0.2) is 24.9 Å². The van der Waals surface area contributed by atoms with Crippen LogP contribution in [0.5, 0.6) is 0 Å². The van der Waals surface area contributed by atoms with Gasteiger partial charge in [-0.2, -0.15) is 0 Å². The molecule has 0 heterocycles. The summed E-state index contributed by atoms with van der Waals surface area (Å²) >= 11 is 0. The molecule has 0 radical (unpaired) electrons. The van der Waals surface area contributed by atoms with Crippen molar-refractivity contribution in [2.45, 2.75) is 12.8 Å². The smallest absolute Gasteiger partial charge is 0.251 e. The first kappa shape index (κ1) is 13.8. The molecule has 1 aromatic carbocycles. The fourth-order valence-corrected chi connectivity index (χ4v) is 1.33. The highest BCUT2D eigenvalue weighted by molar-refractivity contribution is 5.96. The van der Waals surface area contributed by atoms with Gasteiger partial charge in [-0.15, -0.1) is 12.3 Å². The first-order valence-corrected chi connectivity index (χ1v) is 5.77. The van der Waals surface area contributed by atoms with Crippen LogP contribution in [0, 0.1) is 12.3 Å². The van der Waals surface area contributed by atoms with E-state index in [0.717, 1.165) is 6.42 Å². The molecule has 0 atom stereocenters. The van der Waals surface area contributed by atoms with Gasteiger partial charge in [0.1, 0.15) is 0 Å². The van der Waals surface area contributed by atoms with E-state index in [-0.39, 0.29) is 18.4 Å². The Morgan fingerprint density at radius 3 is 2.56 bits per heavy atom. The third kappa shape index (κ3) is 5.17. The van der Waals surface area contributed by atoms with Crippen LogP contribution in [0.4, 0.5) is 0 Å². The molecule has 94 valence electrons. The van der Waals surface area contributed by atoms with Gasteiger partial charge in [0.2, 0.25) is 5.91 Å². The zero-order valence-electron chi connectivity index (χ0n) is 10.1. The number of hydrogen-bond acceptors (Lipinski definition) is 2. The van der Waals surface area contributed by atoms with Crippen LogP contribution < -0.4 is 10.6 Å². The number of unbranched alkanes of at least 4 members (excludes halogenated alkanes) is 1. The fourth-order valence-electron chi connectivity index (χ4n) is 1.33. The highest BCUT2D eigenvalue weighted by atomic mass is 16.2. The third-order valence-corrected chi connectivity index (χ3v) is 2.27. The molecule has 0 aliphatic carbocycles. The summed E-state index contributed by atoms with van der Waals surface area (Å²) in [6.45, 7) is 0.508. The lowest BCUT2D eigenvalue weighted by Crippen LogP contribution is -2.37. The zero-order valence-corrected chi connectivity index (χ0v) is 10.1. The van der Waals surface area contributed by atoms with Gasteiger partial charge in [-0.3, -0.25) is 9.59 Å². The van der Waals surface area contributed by atoms with E-state index in [4.69, 9.17) is 6.42 Å². The van der Waals surface area contributed by atoms with Gasteiger partial charge in [0.25, 0.3) is 5.91 Å². The van der Waals surface area contributed by atoms with Crippen LogP contribution in [0.25, 0.3) is 0 Å². The topological polar surface area (TPSA) is 58.2 Å². The van der Waals surface area contributed by atoms with Crippen LogP contribution in [0.3, 0.4) is 0 Å². The van der Waals surface area contributed by atoms with Crippen molar-refractivity contribution >= 4 is 11.8 Å². The van der Waals surface area contributed by atoms with Crippen LogP contribution >= 0.6 is 0 Å². The van der Waals surface area contributed by atoms with Crippen LogP contribution in [0.2, 0.25) is 0 Å². The maximum Gasteiger partial charge on any atom is 0.251 e. The van der Waals surface area contributed by atoms with Crippen molar-refractivity contribution in [3.05, 3.63) is 35.9 Å². The molecular weight excluding hydrogens is 228 g/mol. The predicted octanol–water partition coefficient (Wildman–Crippen LogP) is 0.946. The molecule has 0 bridgehead atoms. The van der Waals surface area contributed by atoms with Gasteiger partial charge < -0.3 is 10.6 Å². The molecule has 1 aromatic rings. The molecule has 4 heteroatoms. The second-order valence-electron chi connectivity index (χ2n) is 3.71. The fraction of sp³-hybridized carbons (Fsp3) is 0.286. The molecule has 0 saturated carbocycles. The Bertz CT molecular complexity index is 435. The summed E-state index contributed by atoms with van der Waals surface area (Å²) in [7, 11) is 0. The largest absolute Gasteiger partial charge is 0.355 e. The van der Waals surface area contributed by atoms with Crippen molar-refractivity contribution < 1.29 is 9.59 Å². The van der Waals surface area contributed by atoms with E-state index in [2.05, 4.69) is 16.6 Å². The third-order valence-electron chi connectivity index (χ3n) is 2.27. The monoisotopic (exact) mass is 244 g/mol. The lowest BCUT2D eigenvalue weighted by Gasteiger charge is -2.06. The van der Waals surface area contributed by atoms with Gasteiger partial charge in [0.05, 0.1) is 6.54 Å². The molecule has 0 unspecified atom stereocenters. The first-order chi connectivity index (χ1) is 8.74. The summed E-state index contributed by atoms with van der Waals surface area (Å²) in [6, 6.07) is 8.76. The van der Waals surface area contributed by atoms with Gasteiger partial charge in [0.15, 0.2) is 0 Å². The van der Waals surface area contributed by atoms with E-state index in [1.807, 2.05) is 6.07 Å². The quantitative estimate of drug-likeness (QED) is 0.578. The van der Waals surface area contributed by atoms with E-state index in [0.29, 0.717) is 18.5 Å². The van der Waals surface area contributed by atoms with Gasteiger partial charge in [-0.05, 0) is 18.6 Å². The van der Waals surface area contributed by atoms with Crippen molar-refractivity contribution in [3.63, 3.8) is 0 Å². The summed E-state index contributed by atoms with van der Waals surface area (Å²) in [5.74, 6) is 2.03. The number of benzene rings is 1. The SMILES string of the molecule is C#CCCCNC(=O)CNC(=O)c1ccccc1. The molecule has 0 aromatic heterocycles. The van der Waals surface area contributed by atoms with Gasteiger partial charge >= 0.3 is 0 Å². The van der Waals surface area contributed by atoms with Gasteiger partial charge in [0, 0.05) is 18.5 Å². The maximum absolute atomic E-state index is 11.6. The minimum absolute atomic E-state index is 0.0240. The van der Waals surface area contributed by atoms with Crippen molar-refractivity contribution in [3.8, 4) is 12.3 Å². The normalized spacial score (nSPS) is 9.28. The molecular formula is C14H16N2O2. The Morgan fingerprint density at radius 2 is 1.89 bits per heavy atom. The molecule has 0 aliphatic heterocycles. The molecule has 1 rings (SSSR count). The van der Waals surface area contributed by atoms with Crippen LogP contribution in [0.15, 0.2) is 30.3 Å². The van der Waals surface area contributed by atoms with E-state index in [1.54, 1.807) is 24.3 Å². The average Bonchev–Trinajstić information content (AvgIpc) is 2.42. The molecule has 2 N–H and O–H groups in total. The highest BCUT2D eigenvalue weighted by Gasteiger charge is 2.06. The first-order valence-electron chi connectivity index (χ1n) is 5.77. The minimum atomic E-state index is -0.255. The van der Waals surface area contributed by atoms with E-state index in [1.165, 1.54) is 0 Å². The molecule has 4 nitrogen and oxygen atoms in total. The molecule has 0 aliphatic rings. The standard InChI is InChI=1S/C14H16N2O2/c1-2-3-7-10-15-13(17)11-16-14(18)12-8-5-4-6-9-12/h1,4-6,8-9H,3,7,10-11H2,(H,15,17)(H,16,18). The molecule has 0 saturated heterocycles. The summed E-state index contributed by atoms with van der Waals surface area (Å²) in [4.78, 5) is 23.0. The van der Waals surface area contributed by atoms with E-state index >= 15 is 0 Å². The Labute approximate surface area is 107 Å². The minimum Gasteiger partial charge on any atom is -0.355 e. The Morgan fingerprint density at radius 1 is 1.17 bits per heavy atom. The van der Waals surface area contributed by atoms with E-state index in [9.17, 15) is 9.59 Å². The number of nitrogens with one attached hydrogen (secondary N) is 2. The van der Waals surface area contributed by atoms with Crippen molar-refractivity contribution in [1.29, 1.82) is 0 Å². The molecule has 18 heavy (non-hydrogen) atoms. The zero-order chi connectivity index (χ0) is 13.2. The second-order valence-corrected chi connectivity index (χ2v) is 3.71. The highest BCUT2D eigenvalue weighted by Crippen LogP contribution is 1.97. The number of rotatable bonds is 6. The van der Waals surface area contributed by atoms with Crippen molar-refractivity contribution in [2.24, 2.45) is 0 Å². The lowest BCUT2D eigenvalue weighted by atomic mass is 10.2. The van der Waals surface area contributed by atoms with Crippen LogP contribution in [-0.2, 0) is 4.79 Å². The van der Waals surface area contributed by atoms with Crippen molar-refractivity contribution in [2.75, 3.05) is 13.1 Å². The summed E-state index contributed by atoms with van der Waals surface area (Å²) in [6.07, 6.45) is 6.47. The van der Waals surface area contributed by atoms with E-state index < -0.39 is 0 Å². The summed E-state index contributed by atoms with van der Waals surface area (Å²) in [5, 5.41) is 5.22. The number of hydrogen-bond donors (Lipinski definition) is 2. The molecule has 2 amide bonds. The Kier molecular flexibility index (Phi) is 6.05. The van der Waals surface area contributed by atoms with Gasteiger partial charge in [-0.25, -0.2) is 0 Å². The Hall–Kier alpha value is -2.28.